The summed E-state index contributed by atoms with van der Waals surface area (Å²) in [6.07, 6.45) is 2.24. The molecule has 4 rings (SSSR count). The van der Waals surface area contributed by atoms with E-state index in [9.17, 15) is 18.3 Å². The van der Waals surface area contributed by atoms with Crippen LogP contribution in [-0.4, -0.2) is 30.0 Å². The Labute approximate surface area is 193 Å². The molecule has 174 valence electrons. The van der Waals surface area contributed by atoms with E-state index in [1.807, 2.05) is 26.0 Å². The molecule has 1 atom stereocenters. The van der Waals surface area contributed by atoms with Crippen LogP contribution in [0.2, 0.25) is 0 Å². The van der Waals surface area contributed by atoms with E-state index in [2.05, 4.69) is 16.3 Å². The maximum Gasteiger partial charge on any atom is 0.257 e. The van der Waals surface area contributed by atoms with E-state index in [0.29, 0.717) is 23.2 Å². The predicted octanol–water partition coefficient (Wildman–Crippen LogP) is 4.08. The minimum Gasteiger partial charge on any atom is -0.390 e. The van der Waals surface area contributed by atoms with Gasteiger partial charge in [0, 0.05) is 16.8 Å². The fraction of sp³-hybridized carbons (Fsp3) is 0.320. The SMILES string of the molecule is C=C(C)S(=O)(=O)Nc1cccc(-c2ccc(C(N)=O)c3[nH]c4c(c23)CCC(C(C)(C)O)C4)c1. The summed E-state index contributed by atoms with van der Waals surface area (Å²) in [6.45, 7) is 8.60. The van der Waals surface area contributed by atoms with Crippen LogP contribution in [0.4, 0.5) is 5.69 Å². The summed E-state index contributed by atoms with van der Waals surface area (Å²) < 4.78 is 27.1. The number of aryl methyl sites for hydroxylation is 1. The first-order valence-electron chi connectivity index (χ1n) is 10.9. The highest BCUT2D eigenvalue weighted by molar-refractivity contribution is 7.96. The molecule has 2 aromatic carbocycles. The van der Waals surface area contributed by atoms with Gasteiger partial charge in [0.15, 0.2) is 0 Å². The van der Waals surface area contributed by atoms with Gasteiger partial charge in [-0.25, -0.2) is 8.42 Å². The maximum atomic E-state index is 12.3. The van der Waals surface area contributed by atoms with Crippen LogP contribution in [0.25, 0.3) is 22.0 Å². The van der Waals surface area contributed by atoms with Crippen molar-refractivity contribution < 1.29 is 18.3 Å². The van der Waals surface area contributed by atoms with Crippen molar-refractivity contribution in [2.45, 2.75) is 45.6 Å². The molecule has 0 spiro atoms. The number of benzene rings is 2. The smallest absolute Gasteiger partial charge is 0.257 e. The van der Waals surface area contributed by atoms with Crippen LogP contribution in [0.15, 0.2) is 47.9 Å². The standard InChI is InChI=1S/C25H29N3O4S/c1-14(2)33(31,32)28-17-7-5-6-15(12-17)18-10-11-20(24(26)29)23-22(18)19-9-8-16(25(3,4)30)13-21(19)27-23/h5-7,10-12,16,27-28,30H,1,8-9,13H2,2-4H3,(H2,26,29). The van der Waals surface area contributed by atoms with Gasteiger partial charge in [0.2, 0.25) is 0 Å². The Balaban J connectivity index is 1.87. The van der Waals surface area contributed by atoms with Crippen LogP contribution >= 0.6 is 0 Å². The van der Waals surface area contributed by atoms with Gasteiger partial charge in [0.05, 0.1) is 21.6 Å². The summed E-state index contributed by atoms with van der Waals surface area (Å²) in [5, 5.41) is 11.4. The highest BCUT2D eigenvalue weighted by Crippen LogP contribution is 2.41. The highest BCUT2D eigenvalue weighted by atomic mass is 32.2. The van der Waals surface area contributed by atoms with Gasteiger partial charge >= 0.3 is 0 Å². The van der Waals surface area contributed by atoms with E-state index in [1.54, 1.807) is 24.3 Å². The Morgan fingerprint density at radius 2 is 2.00 bits per heavy atom. The van der Waals surface area contributed by atoms with Crippen LogP contribution in [-0.2, 0) is 22.9 Å². The number of anilines is 1. The molecule has 1 amide bonds. The van der Waals surface area contributed by atoms with Crippen molar-refractivity contribution in [2.75, 3.05) is 4.72 Å². The summed E-state index contributed by atoms with van der Waals surface area (Å²) in [4.78, 5) is 15.6. The number of carbonyl (C=O) groups is 1. The van der Waals surface area contributed by atoms with Gasteiger partial charge in [-0.15, -0.1) is 0 Å². The Bertz CT molecular complexity index is 1380. The number of rotatable bonds is 6. The third-order valence-electron chi connectivity index (χ3n) is 6.49. The maximum absolute atomic E-state index is 12.3. The van der Waals surface area contributed by atoms with E-state index in [1.165, 1.54) is 6.92 Å². The Hall–Kier alpha value is -3.10. The summed E-state index contributed by atoms with van der Waals surface area (Å²) in [5.74, 6) is -0.425. The van der Waals surface area contributed by atoms with E-state index in [0.717, 1.165) is 40.6 Å². The topological polar surface area (TPSA) is 125 Å². The second-order valence-corrected chi connectivity index (χ2v) is 11.2. The molecule has 0 radical (unpaired) electrons. The van der Waals surface area contributed by atoms with E-state index < -0.39 is 21.5 Å². The lowest BCUT2D eigenvalue weighted by Gasteiger charge is -2.32. The number of carbonyl (C=O) groups excluding carboxylic acids is 1. The second-order valence-electron chi connectivity index (χ2n) is 9.34. The molecular weight excluding hydrogens is 438 g/mol. The minimum atomic E-state index is -3.67. The fourth-order valence-corrected chi connectivity index (χ4v) is 5.19. The molecule has 1 aliphatic carbocycles. The molecule has 0 fully saturated rings. The first kappa shape index (κ1) is 23.1. The van der Waals surface area contributed by atoms with Crippen molar-refractivity contribution in [3.8, 4) is 11.1 Å². The zero-order valence-corrected chi connectivity index (χ0v) is 19.8. The van der Waals surface area contributed by atoms with Crippen molar-refractivity contribution >= 4 is 32.5 Å². The number of nitrogens with one attached hydrogen (secondary N) is 2. The van der Waals surface area contributed by atoms with Gasteiger partial charge in [0.25, 0.3) is 15.9 Å². The molecule has 8 heteroatoms. The van der Waals surface area contributed by atoms with Crippen molar-refractivity contribution in [3.63, 3.8) is 0 Å². The number of nitrogens with two attached hydrogens (primary N) is 1. The summed E-state index contributed by atoms with van der Waals surface area (Å²) in [5.41, 5.74) is 10.2. The van der Waals surface area contributed by atoms with Gasteiger partial charge in [-0.2, -0.15) is 0 Å². The summed E-state index contributed by atoms with van der Waals surface area (Å²) in [7, 11) is -3.67. The zero-order valence-electron chi connectivity index (χ0n) is 19.0. The molecule has 1 unspecified atom stereocenters. The molecule has 1 aromatic heterocycles. The first-order valence-corrected chi connectivity index (χ1v) is 12.3. The average molecular weight is 468 g/mol. The van der Waals surface area contributed by atoms with Crippen molar-refractivity contribution in [2.24, 2.45) is 11.7 Å². The molecule has 0 saturated carbocycles. The Morgan fingerprint density at radius 1 is 1.27 bits per heavy atom. The third kappa shape index (κ3) is 4.28. The van der Waals surface area contributed by atoms with E-state index in [-0.39, 0.29) is 10.8 Å². The number of primary amides is 1. The number of hydrogen-bond donors (Lipinski definition) is 4. The van der Waals surface area contributed by atoms with Crippen molar-refractivity contribution in [3.05, 3.63) is 64.7 Å². The Morgan fingerprint density at radius 3 is 2.64 bits per heavy atom. The number of hydrogen-bond acceptors (Lipinski definition) is 4. The molecule has 33 heavy (non-hydrogen) atoms. The molecule has 0 bridgehead atoms. The number of aromatic nitrogens is 1. The van der Waals surface area contributed by atoms with E-state index in [4.69, 9.17) is 5.73 Å². The van der Waals surface area contributed by atoms with Gasteiger partial charge in [-0.3, -0.25) is 9.52 Å². The predicted molar refractivity (Wildman–Crippen MR) is 131 cm³/mol. The summed E-state index contributed by atoms with van der Waals surface area (Å²) in [6, 6.07) is 10.7. The number of amides is 1. The Kier molecular flexibility index (Phi) is 5.62. The van der Waals surface area contributed by atoms with Crippen molar-refractivity contribution in [1.82, 2.24) is 4.98 Å². The first-order chi connectivity index (χ1) is 15.4. The van der Waals surface area contributed by atoms with Crippen LogP contribution < -0.4 is 10.5 Å². The van der Waals surface area contributed by atoms with Gasteiger partial charge in [-0.1, -0.05) is 24.8 Å². The lowest BCUT2D eigenvalue weighted by molar-refractivity contribution is 0.0107. The highest BCUT2D eigenvalue weighted by Gasteiger charge is 2.33. The molecule has 3 aromatic rings. The van der Waals surface area contributed by atoms with Gasteiger partial charge in [0.1, 0.15) is 0 Å². The second kappa shape index (κ2) is 8.04. The summed E-state index contributed by atoms with van der Waals surface area (Å²) >= 11 is 0. The molecule has 1 heterocycles. The molecule has 0 aliphatic heterocycles. The molecular formula is C25H29N3O4S. The fourth-order valence-electron chi connectivity index (χ4n) is 4.58. The van der Waals surface area contributed by atoms with Crippen molar-refractivity contribution in [1.29, 1.82) is 0 Å². The normalized spacial score (nSPS) is 16.4. The van der Waals surface area contributed by atoms with Crippen LogP contribution in [0.5, 0.6) is 0 Å². The number of aliphatic hydroxyl groups is 1. The van der Waals surface area contributed by atoms with Gasteiger partial charge < -0.3 is 15.8 Å². The number of fused-ring (bicyclic) bond motifs is 3. The number of sulfonamides is 1. The van der Waals surface area contributed by atoms with Gasteiger partial charge in [-0.05, 0) is 80.8 Å². The number of H-pyrrole nitrogens is 1. The monoisotopic (exact) mass is 467 g/mol. The molecule has 1 aliphatic rings. The minimum absolute atomic E-state index is 0.0298. The molecule has 0 saturated heterocycles. The van der Waals surface area contributed by atoms with Crippen LogP contribution in [0.1, 0.15) is 48.8 Å². The number of aromatic amines is 1. The van der Waals surface area contributed by atoms with Crippen LogP contribution in [0.3, 0.4) is 0 Å². The van der Waals surface area contributed by atoms with E-state index >= 15 is 0 Å². The zero-order chi connectivity index (χ0) is 24.1. The lowest BCUT2D eigenvalue weighted by Crippen LogP contribution is -2.34. The molecule has 7 nitrogen and oxygen atoms in total. The third-order valence-corrected chi connectivity index (χ3v) is 7.91. The van der Waals surface area contributed by atoms with Crippen LogP contribution in [0, 0.1) is 5.92 Å². The number of allylic oxidation sites excluding steroid dienone is 1. The average Bonchev–Trinajstić information content (AvgIpc) is 3.10. The lowest BCUT2D eigenvalue weighted by atomic mass is 9.77. The quantitative estimate of drug-likeness (QED) is 0.436. The largest absolute Gasteiger partial charge is 0.390 e. The molecule has 5 N–H and O–H groups in total.